The molecule has 0 bridgehead atoms. The highest BCUT2D eigenvalue weighted by Crippen LogP contribution is 2.23. The van der Waals surface area contributed by atoms with Gasteiger partial charge in [0.15, 0.2) is 9.84 Å². The topological polar surface area (TPSA) is 74.7 Å². The molecule has 0 aliphatic carbocycles. The average molecular weight is 306 g/mol. The maximum absolute atomic E-state index is 12.0. The van der Waals surface area contributed by atoms with Crippen LogP contribution in [0.25, 0.3) is 0 Å². The van der Waals surface area contributed by atoms with Gasteiger partial charge in [-0.1, -0.05) is 11.6 Å². The standard InChI is InChI=1S/C12H16ClNO4S/c1-8(15)7-14(2)12(16)9-4-5-10(13)11(6-9)19(3,17)18/h4-6,8,15H,7H2,1-3H3. The normalized spacial score (nSPS) is 13.1. The van der Waals surface area contributed by atoms with Crippen molar-refractivity contribution in [2.75, 3.05) is 19.8 Å². The van der Waals surface area contributed by atoms with E-state index in [0.29, 0.717) is 0 Å². The summed E-state index contributed by atoms with van der Waals surface area (Å²) in [6.45, 7) is 1.73. The smallest absolute Gasteiger partial charge is 0.253 e. The SMILES string of the molecule is CC(O)CN(C)C(=O)c1ccc(Cl)c(S(C)(=O)=O)c1. The van der Waals surface area contributed by atoms with E-state index in [-0.39, 0.29) is 27.9 Å². The fourth-order valence-corrected chi connectivity index (χ4v) is 2.92. The fraction of sp³-hybridized carbons (Fsp3) is 0.417. The zero-order valence-electron chi connectivity index (χ0n) is 10.9. The van der Waals surface area contributed by atoms with Gasteiger partial charge in [-0.2, -0.15) is 0 Å². The van der Waals surface area contributed by atoms with Crippen LogP contribution in [0, 0.1) is 0 Å². The Morgan fingerprint density at radius 3 is 2.53 bits per heavy atom. The lowest BCUT2D eigenvalue weighted by Gasteiger charge is -2.19. The van der Waals surface area contributed by atoms with Gasteiger partial charge in [0.2, 0.25) is 0 Å². The number of carbonyl (C=O) groups is 1. The van der Waals surface area contributed by atoms with Gasteiger partial charge < -0.3 is 10.0 Å². The number of aliphatic hydroxyl groups excluding tert-OH is 1. The molecule has 0 aromatic heterocycles. The number of nitrogens with zero attached hydrogens (tertiary/aromatic N) is 1. The average Bonchev–Trinajstić information content (AvgIpc) is 2.26. The summed E-state index contributed by atoms with van der Waals surface area (Å²) in [6, 6.07) is 4.08. The van der Waals surface area contributed by atoms with E-state index in [0.717, 1.165) is 6.26 Å². The number of hydrogen-bond acceptors (Lipinski definition) is 4. The second-order valence-electron chi connectivity index (χ2n) is 4.45. The molecule has 0 saturated carbocycles. The first-order chi connectivity index (χ1) is 8.62. The Balaban J connectivity index is 3.13. The van der Waals surface area contributed by atoms with Crippen LogP contribution in [0.4, 0.5) is 0 Å². The first kappa shape index (κ1) is 15.9. The Labute approximate surface area is 117 Å². The third-order valence-electron chi connectivity index (χ3n) is 2.46. The van der Waals surface area contributed by atoms with Gasteiger partial charge in [-0.15, -0.1) is 0 Å². The molecular weight excluding hydrogens is 290 g/mol. The largest absolute Gasteiger partial charge is 0.392 e. The van der Waals surface area contributed by atoms with Crippen molar-refractivity contribution in [3.63, 3.8) is 0 Å². The van der Waals surface area contributed by atoms with Crippen LogP contribution in [-0.2, 0) is 9.84 Å². The number of sulfone groups is 1. The summed E-state index contributed by atoms with van der Waals surface area (Å²) in [5, 5.41) is 9.32. The Morgan fingerprint density at radius 1 is 1.47 bits per heavy atom. The van der Waals surface area contributed by atoms with Crippen LogP contribution in [0.2, 0.25) is 5.02 Å². The lowest BCUT2D eigenvalue weighted by molar-refractivity contribution is 0.0703. The van der Waals surface area contributed by atoms with Crippen molar-refractivity contribution in [1.29, 1.82) is 0 Å². The van der Waals surface area contributed by atoms with Crippen molar-refractivity contribution < 1.29 is 18.3 Å². The van der Waals surface area contributed by atoms with Crippen LogP contribution in [0.5, 0.6) is 0 Å². The van der Waals surface area contributed by atoms with Crippen molar-refractivity contribution in [3.05, 3.63) is 28.8 Å². The number of benzene rings is 1. The molecule has 1 amide bonds. The van der Waals surface area contributed by atoms with Crippen LogP contribution < -0.4 is 0 Å². The van der Waals surface area contributed by atoms with Gasteiger partial charge in [0.05, 0.1) is 16.0 Å². The molecule has 1 atom stereocenters. The molecule has 0 saturated heterocycles. The third kappa shape index (κ3) is 4.19. The van der Waals surface area contributed by atoms with E-state index in [1.807, 2.05) is 0 Å². The molecule has 0 heterocycles. The summed E-state index contributed by atoms with van der Waals surface area (Å²) in [7, 11) is -1.96. The summed E-state index contributed by atoms with van der Waals surface area (Å²) in [4.78, 5) is 13.3. The lowest BCUT2D eigenvalue weighted by atomic mass is 10.2. The van der Waals surface area contributed by atoms with Crippen LogP contribution in [0.1, 0.15) is 17.3 Å². The van der Waals surface area contributed by atoms with E-state index in [4.69, 9.17) is 11.6 Å². The minimum absolute atomic E-state index is 0.0783. The van der Waals surface area contributed by atoms with Crippen LogP contribution in [-0.4, -0.2) is 50.3 Å². The van der Waals surface area contributed by atoms with E-state index >= 15 is 0 Å². The Kier molecular flexibility index (Phi) is 4.95. The second kappa shape index (κ2) is 5.90. The minimum Gasteiger partial charge on any atom is -0.392 e. The number of hydrogen-bond donors (Lipinski definition) is 1. The highest BCUT2D eigenvalue weighted by Gasteiger charge is 2.18. The van der Waals surface area contributed by atoms with Crippen LogP contribution in [0.3, 0.4) is 0 Å². The van der Waals surface area contributed by atoms with Crippen molar-refractivity contribution in [3.8, 4) is 0 Å². The second-order valence-corrected chi connectivity index (χ2v) is 6.84. The molecule has 0 aliphatic heterocycles. The zero-order chi connectivity index (χ0) is 14.8. The summed E-state index contributed by atoms with van der Waals surface area (Å²) in [6.07, 6.45) is 0.373. The van der Waals surface area contributed by atoms with Crippen molar-refractivity contribution in [2.45, 2.75) is 17.9 Å². The summed E-state index contributed by atoms with van der Waals surface area (Å²) < 4.78 is 23.1. The molecular formula is C12H16ClNO4S. The Hall–Kier alpha value is -1.11. The summed E-state index contributed by atoms with van der Waals surface area (Å²) >= 11 is 5.81. The molecule has 7 heteroatoms. The van der Waals surface area contributed by atoms with Crippen molar-refractivity contribution in [1.82, 2.24) is 4.90 Å². The molecule has 1 aromatic rings. The van der Waals surface area contributed by atoms with Crippen molar-refractivity contribution in [2.24, 2.45) is 0 Å². The van der Waals surface area contributed by atoms with Crippen LogP contribution >= 0.6 is 11.6 Å². The molecule has 106 valence electrons. The van der Waals surface area contributed by atoms with E-state index < -0.39 is 15.9 Å². The third-order valence-corrected chi connectivity index (χ3v) is 4.04. The van der Waals surface area contributed by atoms with Gasteiger partial charge in [-0.3, -0.25) is 4.79 Å². The predicted molar refractivity (Wildman–Crippen MR) is 73.2 cm³/mol. The molecule has 0 fully saturated rings. The zero-order valence-corrected chi connectivity index (χ0v) is 12.5. The Bertz CT molecular complexity index is 583. The Morgan fingerprint density at radius 2 is 2.05 bits per heavy atom. The van der Waals surface area contributed by atoms with Gasteiger partial charge in [0, 0.05) is 25.4 Å². The number of amides is 1. The first-order valence-electron chi connectivity index (χ1n) is 5.56. The molecule has 0 aliphatic rings. The fourth-order valence-electron chi connectivity index (χ4n) is 1.62. The monoisotopic (exact) mass is 305 g/mol. The van der Waals surface area contributed by atoms with Gasteiger partial charge in [-0.25, -0.2) is 8.42 Å². The minimum atomic E-state index is -3.49. The number of aliphatic hydroxyl groups is 1. The van der Waals surface area contributed by atoms with Gasteiger partial charge >= 0.3 is 0 Å². The highest BCUT2D eigenvalue weighted by atomic mass is 35.5. The molecule has 1 rings (SSSR count). The maximum Gasteiger partial charge on any atom is 0.253 e. The van der Waals surface area contributed by atoms with Gasteiger partial charge in [0.25, 0.3) is 5.91 Å². The van der Waals surface area contributed by atoms with E-state index in [1.54, 1.807) is 6.92 Å². The first-order valence-corrected chi connectivity index (χ1v) is 7.83. The number of likely N-dealkylation sites (N-methyl/N-ethyl adjacent to an activating group) is 1. The van der Waals surface area contributed by atoms with Gasteiger partial charge in [0.1, 0.15) is 0 Å². The summed E-state index contributed by atoms with van der Waals surface area (Å²) in [5.74, 6) is -0.373. The quantitative estimate of drug-likeness (QED) is 0.907. The highest BCUT2D eigenvalue weighted by molar-refractivity contribution is 7.90. The van der Waals surface area contributed by atoms with E-state index in [1.165, 1.54) is 30.1 Å². The number of rotatable bonds is 4. The molecule has 1 aromatic carbocycles. The molecule has 1 N–H and O–H groups in total. The van der Waals surface area contributed by atoms with E-state index in [9.17, 15) is 18.3 Å². The van der Waals surface area contributed by atoms with Crippen molar-refractivity contribution >= 4 is 27.3 Å². The molecule has 19 heavy (non-hydrogen) atoms. The van der Waals surface area contributed by atoms with E-state index in [2.05, 4.69) is 0 Å². The van der Waals surface area contributed by atoms with Crippen LogP contribution in [0.15, 0.2) is 23.1 Å². The van der Waals surface area contributed by atoms with Gasteiger partial charge in [-0.05, 0) is 25.1 Å². The summed E-state index contributed by atoms with van der Waals surface area (Å²) in [5.41, 5.74) is 0.216. The molecule has 0 radical (unpaired) electrons. The number of carbonyl (C=O) groups excluding carboxylic acids is 1. The lowest BCUT2D eigenvalue weighted by Crippen LogP contribution is -2.33. The number of halogens is 1. The molecule has 0 spiro atoms. The maximum atomic E-state index is 12.0. The molecule has 5 nitrogen and oxygen atoms in total. The molecule has 1 unspecified atom stereocenters. The predicted octanol–water partition coefficient (Wildman–Crippen LogP) is 1.20.